The van der Waals surface area contributed by atoms with Gasteiger partial charge in [-0.15, -0.1) is 0 Å². The molecule has 226 valence electrons. The van der Waals surface area contributed by atoms with Gasteiger partial charge in [0, 0.05) is 5.69 Å². The number of unbranched alkanes of at least 4 members (excludes halogenated alkanes) is 1. The maximum Gasteiger partial charge on any atom is 0.338 e. The third-order valence-electron chi connectivity index (χ3n) is 9.07. The third kappa shape index (κ3) is 5.62. The molecule has 3 aromatic rings. The molecule has 0 spiro atoms. The average molecular weight is 595 g/mol. The maximum absolute atomic E-state index is 13.6. The molecule has 1 aliphatic heterocycles. The number of anilines is 2. The van der Waals surface area contributed by atoms with Crippen LogP contribution in [-0.4, -0.2) is 42.9 Å². The lowest BCUT2D eigenvalue weighted by atomic mass is 9.73. The van der Waals surface area contributed by atoms with Crippen LogP contribution in [0.2, 0.25) is 0 Å². The normalized spacial score (nSPS) is 23.4. The Kier molecular flexibility index (Phi) is 8.28. The number of nitrogens with zero attached hydrogens (tertiary/aromatic N) is 1. The second kappa shape index (κ2) is 12.4. The van der Waals surface area contributed by atoms with Crippen LogP contribution in [0.3, 0.4) is 0 Å². The molecule has 2 saturated carbocycles. The molecule has 9 nitrogen and oxygen atoms in total. The van der Waals surface area contributed by atoms with Gasteiger partial charge >= 0.3 is 11.9 Å². The molecule has 0 aromatic heterocycles. The van der Waals surface area contributed by atoms with E-state index in [1.165, 1.54) is 22.6 Å². The summed E-state index contributed by atoms with van der Waals surface area (Å²) in [5, 5.41) is 2.62. The number of imide groups is 1. The summed E-state index contributed by atoms with van der Waals surface area (Å²) in [5.74, 6) is -1.98. The van der Waals surface area contributed by atoms with Gasteiger partial charge in [-0.3, -0.25) is 19.3 Å². The second-order valence-electron chi connectivity index (χ2n) is 11.7. The lowest BCUT2D eigenvalue weighted by Crippen LogP contribution is -2.33. The Balaban J connectivity index is 1.02. The molecule has 9 heteroatoms. The topological polar surface area (TPSA) is 119 Å². The van der Waals surface area contributed by atoms with Crippen LogP contribution in [0.5, 0.6) is 0 Å². The fourth-order valence-electron chi connectivity index (χ4n) is 7.04. The van der Waals surface area contributed by atoms with Crippen molar-refractivity contribution in [2.45, 2.75) is 38.5 Å². The van der Waals surface area contributed by atoms with E-state index in [1.807, 2.05) is 25.1 Å². The maximum atomic E-state index is 13.6. The zero-order chi connectivity index (χ0) is 30.8. The average Bonchev–Trinajstić information content (AvgIpc) is 3.72. The van der Waals surface area contributed by atoms with Crippen LogP contribution >= 0.6 is 0 Å². The summed E-state index contributed by atoms with van der Waals surface area (Å²) in [6, 6.07) is 22.6. The van der Waals surface area contributed by atoms with Gasteiger partial charge in [0.15, 0.2) is 6.61 Å². The standard InChI is InChI=1S/C35H34N2O7/c1-2-3-17-43-34(41)22-9-13-25(14-10-22)36-29(38)20-44-35(42)23-11-15-26(16-12-23)37-32(39)30-24-18-27(21-7-5-4-6-8-21)28(19-24)31(30)33(37)40/h4-16,24,27-28,30-31H,2-3,17-20H2,1H3,(H,36,38)/t24-,27+,28+,30+,31+/m0/s1. The number of nitrogens with one attached hydrogen (secondary N) is 1. The first-order valence-electron chi connectivity index (χ1n) is 15.1. The zero-order valence-corrected chi connectivity index (χ0v) is 24.4. The molecule has 2 bridgehead atoms. The Morgan fingerprint density at radius 2 is 1.43 bits per heavy atom. The Labute approximate surface area is 255 Å². The molecule has 3 fully saturated rings. The van der Waals surface area contributed by atoms with E-state index >= 15 is 0 Å². The molecule has 2 aliphatic carbocycles. The van der Waals surface area contributed by atoms with Crippen molar-refractivity contribution in [2.24, 2.45) is 23.7 Å². The first kappa shape index (κ1) is 29.3. The highest BCUT2D eigenvalue weighted by Gasteiger charge is 2.64. The van der Waals surface area contributed by atoms with Gasteiger partial charge in [-0.2, -0.15) is 0 Å². The number of esters is 2. The molecule has 3 aromatic carbocycles. The van der Waals surface area contributed by atoms with Crippen molar-refractivity contribution >= 4 is 41.0 Å². The summed E-state index contributed by atoms with van der Waals surface area (Å²) in [7, 11) is 0. The quantitative estimate of drug-likeness (QED) is 0.190. The van der Waals surface area contributed by atoms with Crippen molar-refractivity contribution in [2.75, 3.05) is 23.4 Å². The van der Waals surface area contributed by atoms with Gasteiger partial charge in [-0.1, -0.05) is 43.7 Å². The van der Waals surface area contributed by atoms with Crippen LogP contribution < -0.4 is 10.2 Å². The van der Waals surface area contributed by atoms with Crippen LogP contribution in [0.1, 0.15) is 64.8 Å². The predicted octanol–water partition coefficient (Wildman–Crippen LogP) is 5.37. The largest absolute Gasteiger partial charge is 0.462 e. The highest BCUT2D eigenvalue weighted by Crippen LogP contribution is 2.61. The van der Waals surface area contributed by atoms with Crippen molar-refractivity contribution < 1.29 is 33.4 Å². The minimum atomic E-state index is -0.712. The number of carbonyl (C=O) groups is 5. The Hall–Kier alpha value is -4.79. The number of fused-ring (bicyclic) bond motifs is 5. The van der Waals surface area contributed by atoms with E-state index in [1.54, 1.807) is 36.4 Å². The van der Waals surface area contributed by atoms with Crippen molar-refractivity contribution in [3.05, 3.63) is 95.6 Å². The van der Waals surface area contributed by atoms with Gasteiger partial charge in [-0.05, 0) is 91.1 Å². The molecule has 1 heterocycles. The monoisotopic (exact) mass is 594 g/mol. The summed E-state index contributed by atoms with van der Waals surface area (Å²) in [6.07, 6.45) is 3.53. The molecule has 3 aliphatic rings. The molecule has 44 heavy (non-hydrogen) atoms. The summed E-state index contributed by atoms with van der Waals surface area (Å²) in [6.45, 7) is 1.85. The van der Waals surface area contributed by atoms with E-state index in [-0.39, 0.29) is 47.0 Å². The van der Waals surface area contributed by atoms with E-state index in [0.29, 0.717) is 23.5 Å². The van der Waals surface area contributed by atoms with Gasteiger partial charge < -0.3 is 14.8 Å². The van der Waals surface area contributed by atoms with Crippen molar-refractivity contribution in [1.82, 2.24) is 0 Å². The summed E-state index contributed by atoms with van der Waals surface area (Å²) in [5.41, 5.74) is 2.66. The molecule has 5 atom stereocenters. The number of benzene rings is 3. The Morgan fingerprint density at radius 3 is 2.11 bits per heavy atom. The third-order valence-corrected chi connectivity index (χ3v) is 9.07. The van der Waals surface area contributed by atoms with Gasteiger partial charge in [0.2, 0.25) is 11.8 Å². The first-order valence-corrected chi connectivity index (χ1v) is 15.1. The first-order chi connectivity index (χ1) is 21.4. The van der Waals surface area contributed by atoms with Crippen LogP contribution in [0.4, 0.5) is 11.4 Å². The van der Waals surface area contributed by atoms with E-state index in [0.717, 1.165) is 25.7 Å². The Bertz CT molecular complexity index is 1570. The molecule has 1 saturated heterocycles. The van der Waals surface area contributed by atoms with E-state index < -0.39 is 24.5 Å². The van der Waals surface area contributed by atoms with Crippen LogP contribution in [0.25, 0.3) is 0 Å². The zero-order valence-electron chi connectivity index (χ0n) is 24.4. The van der Waals surface area contributed by atoms with Crippen LogP contribution in [-0.2, 0) is 23.9 Å². The number of ether oxygens (including phenoxy) is 2. The minimum Gasteiger partial charge on any atom is -0.462 e. The summed E-state index contributed by atoms with van der Waals surface area (Å²) in [4.78, 5) is 65.3. The van der Waals surface area contributed by atoms with Crippen LogP contribution in [0.15, 0.2) is 78.9 Å². The van der Waals surface area contributed by atoms with Crippen molar-refractivity contribution in [3.8, 4) is 0 Å². The summed E-state index contributed by atoms with van der Waals surface area (Å²) >= 11 is 0. The van der Waals surface area contributed by atoms with Crippen LogP contribution in [0, 0.1) is 23.7 Å². The molecule has 0 radical (unpaired) electrons. The molecule has 3 amide bonds. The highest BCUT2D eigenvalue weighted by atomic mass is 16.5. The molecule has 1 N–H and O–H groups in total. The van der Waals surface area contributed by atoms with Gasteiger partial charge in [0.1, 0.15) is 0 Å². The minimum absolute atomic E-state index is 0.152. The SMILES string of the molecule is CCCCOC(=O)c1ccc(NC(=O)COC(=O)c2ccc(N3C(=O)[C@@H]4[C@@H]5C[C@@H]([C@H]4C3=O)[C@@H](c3ccccc3)C5)cc2)cc1. The number of rotatable bonds is 10. The van der Waals surface area contributed by atoms with E-state index in [9.17, 15) is 24.0 Å². The molecular weight excluding hydrogens is 560 g/mol. The number of hydrogen-bond acceptors (Lipinski definition) is 7. The van der Waals surface area contributed by atoms with E-state index in [4.69, 9.17) is 9.47 Å². The Morgan fingerprint density at radius 1 is 0.795 bits per heavy atom. The number of hydrogen-bond donors (Lipinski definition) is 1. The number of amides is 3. The van der Waals surface area contributed by atoms with Gasteiger partial charge in [-0.25, -0.2) is 9.59 Å². The van der Waals surface area contributed by atoms with Crippen molar-refractivity contribution in [1.29, 1.82) is 0 Å². The number of carbonyl (C=O) groups excluding carboxylic acids is 5. The smallest absolute Gasteiger partial charge is 0.338 e. The molecular formula is C35H34N2O7. The highest BCUT2D eigenvalue weighted by molar-refractivity contribution is 6.22. The lowest BCUT2D eigenvalue weighted by Gasteiger charge is -2.28. The van der Waals surface area contributed by atoms with Gasteiger partial charge in [0.05, 0.1) is 35.3 Å². The lowest BCUT2D eigenvalue weighted by molar-refractivity contribution is -0.123. The second-order valence-corrected chi connectivity index (χ2v) is 11.7. The van der Waals surface area contributed by atoms with E-state index in [2.05, 4.69) is 17.4 Å². The van der Waals surface area contributed by atoms with Crippen molar-refractivity contribution in [3.63, 3.8) is 0 Å². The fourth-order valence-corrected chi connectivity index (χ4v) is 7.04. The molecule has 0 unspecified atom stereocenters. The fraction of sp³-hybridized carbons (Fsp3) is 0.343. The summed E-state index contributed by atoms with van der Waals surface area (Å²) < 4.78 is 10.3. The van der Waals surface area contributed by atoms with Gasteiger partial charge in [0.25, 0.3) is 5.91 Å². The predicted molar refractivity (Wildman–Crippen MR) is 162 cm³/mol. The molecule has 6 rings (SSSR count).